The summed E-state index contributed by atoms with van der Waals surface area (Å²) < 4.78 is 41.3. The molecule has 182 valence electrons. The van der Waals surface area contributed by atoms with Gasteiger partial charge in [-0.1, -0.05) is 18.2 Å². The number of hydrogen-bond acceptors (Lipinski definition) is 7. The van der Waals surface area contributed by atoms with Crippen LogP contribution in [0.5, 0.6) is 11.5 Å². The molecule has 2 aromatic carbocycles. The first-order chi connectivity index (χ1) is 16.9. The molecule has 1 aromatic heterocycles. The van der Waals surface area contributed by atoms with Crippen molar-refractivity contribution in [2.45, 2.75) is 23.5 Å². The van der Waals surface area contributed by atoms with Crippen LogP contribution in [0.15, 0.2) is 70.0 Å². The molecule has 2 aliphatic heterocycles. The maximum atomic E-state index is 12.9. The normalized spacial score (nSPS) is 15.7. The summed E-state index contributed by atoms with van der Waals surface area (Å²) in [5.41, 5.74) is 0.631. The smallest absolute Gasteiger partial charge is 0.289 e. The van der Waals surface area contributed by atoms with Gasteiger partial charge in [0.25, 0.3) is 5.91 Å². The van der Waals surface area contributed by atoms with Gasteiger partial charge < -0.3 is 24.1 Å². The summed E-state index contributed by atoms with van der Waals surface area (Å²) in [6.07, 6.45) is 1.02. The third-order valence-corrected chi connectivity index (χ3v) is 7.76. The van der Waals surface area contributed by atoms with Crippen molar-refractivity contribution in [3.05, 3.63) is 72.2 Å². The summed E-state index contributed by atoms with van der Waals surface area (Å²) in [6, 6.07) is 16.4. The van der Waals surface area contributed by atoms with E-state index in [9.17, 15) is 18.0 Å². The number of ether oxygens (including phenoxy) is 2. The summed E-state index contributed by atoms with van der Waals surface area (Å²) in [7, 11) is -3.57. The number of piperidine rings is 1. The monoisotopic (exact) mass is 496 g/mol. The van der Waals surface area contributed by atoms with Crippen LogP contribution in [0.25, 0.3) is 0 Å². The number of nitrogens with zero attached hydrogens (tertiary/aromatic N) is 1. The molecule has 9 nitrogen and oxygen atoms in total. The Morgan fingerprint density at radius 1 is 0.943 bits per heavy atom. The first kappa shape index (κ1) is 23.0. The van der Waals surface area contributed by atoms with E-state index in [1.807, 2.05) is 0 Å². The SMILES string of the molecule is O=C(Nc1ccc2c(c1)OCO2)C1CCN(C(=O)c2ccc(CS(=O)(=O)c3ccccc3)o2)CC1. The average molecular weight is 497 g/mol. The predicted octanol–water partition coefficient (Wildman–Crippen LogP) is 3.47. The number of anilines is 1. The minimum Gasteiger partial charge on any atom is -0.455 e. The van der Waals surface area contributed by atoms with Crippen molar-refractivity contribution in [3.8, 4) is 11.5 Å². The van der Waals surface area contributed by atoms with Crippen LogP contribution in [0.4, 0.5) is 5.69 Å². The van der Waals surface area contributed by atoms with E-state index < -0.39 is 9.84 Å². The molecule has 0 aliphatic carbocycles. The lowest BCUT2D eigenvalue weighted by molar-refractivity contribution is -0.121. The first-order valence-corrected chi connectivity index (χ1v) is 12.9. The number of sulfone groups is 1. The number of nitrogens with one attached hydrogen (secondary N) is 1. The lowest BCUT2D eigenvalue weighted by atomic mass is 9.95. The Kier molecular flexibility index (Phi) is 6.21. The quantitative estimate of drug-likeness (QED) is 0.556. The van der Waals surface area contributed by atoms with Gasteiger partial charge in [0, 0.05) is 30.8 Å². The Labute approximate surface area is 202 Å². The second kappa shape index (κ2) is 9.46. The molecule has 3 heterocycles. The van der Waals surface area contributed by atoms with E-state index in [2.05, 4.69) is 5.32 Å². The van der Waals surface area contributed by atoms with Crippen LogP contribution < -0.4 is 14.8 Å². The van der Waals surface area contributed by atoms with Gasteiger partial charge in [-0.15, -0.1) is 0 Å². The predicted molar refractivity (Wildman–Crippen MR) is 126 cm³/mol. The zero-order chi connectivity index (χ0) is 24.4. The molecule has 0 unspecified atom stereocenters. The molecule has 1 N–H and O–H groups in total. The number of amides is 2. The van der Waals surface area contributed by atoms with Crippen LogP contribution in [0.3, 0.4) is 0 Å². The minimum atomic E-state index is -3.57. The molecular formula is C25H24N2O7S. The van der Waals surface area contributed by atoms with Gasteiger partial charge in [-0.3, -0.25) is 9.59 Å². The number of carbonyl (C=O) groups excluding carboxylic acids is 2. The van der Waals surface area contributed by atoms with Crippen LogP contribution in [-0.4, -0.2) is 45.0 Å². The maximum Gasteiger partial charge on any atom is 0.289 e. The molecular weight excluding hydrogens is 472 g/mol. The second-order valence-electron chi connectivity index (χ2n) is 8.46. The van der Waals surface area contributed by atoms with Crippen LogP contribution in [0, 0.1) is 5.92 Å². The van der Waals surface area contributed by atoms with Crippen LogP contribution >= 0.6 is 0 Å². The van der Waals surface area contributed by atoms with E-state index in [0.29, 0.717) is 43.1 Å². The van der Waals surface area contributed by atoms with Crippen molar-refractivity contribution in [1.82, 2.24) is 4.90 Å². The zero-order valence-electron chi connectivity index (χ0n) is 18.8. The molecule has 3 aromatic rings. The fourth-order valence-electron chi connectivity index (χ4n) is 4.19. The highest BCUT2D eigenvalue weighted by Crippen LogP contribution is 2.34. The molecule has 10 heteroatoms. The van der Waals surface area contributed by atoms with Crippen molar-refractivity contribution in [1.29, 1.82) is 0 Å². The molecule has 0 bridgehead atoms. The van der Waals surface area contributed by atoms with Crippen molar-refractivity contribution >= 4 is 27.3 Å². The number of fused-ring (bicyclic) bond motifs is 1. The van der Waals surface area contributed by atoms with E-state index >= 15 is 0 Å². The summed E-state index contributed by atoms with van der Waals surface area (Å²) in [5.74, 6) is 0.553. The highest BCUT2D eigenvalue weighted by Gasteiger charge is 2.30. The topological polar surface area (TPSA) is 115 Å². The molecule has 2 aliphatic rings. The van der Waals surface area contributed by atoms with Gasteiger partial charge in [0.05, 0.1) is 4.90 Å². The van der Waals surface area contributed by atoms with Crippen molar-refractivity contribution in [2.24, 2.45) is 5.92 Å². The van der Waals surface area contributed by atoms with Crippen LogP contribution in [0.2, 0.25) is 0 Å². The number of benzene rings is 2. The number of likely N-dealkylation sites (tertiary alicyclic amines) is 1. The summed E-state index contributed by atoms with van der Waals surface area (Å²) in [6.45, 7) is 0.964. The molecule has 5 rings (SSSR count). The number of furan rings is 1. The van der Waals surface area contributed by atoms with E-state index in [4.69, 9.17) is 13.9 Å². The Balaban J connectivity index is 1.15. The number of rotatable bonds is 6. The summed E-state index contributed by atoms with van der Waals surface area (Å²) >= 11 is 0. The molecule has 0 saturated carbocycles. The van der Waals surface area contributed by atoms with Crippen molar-refractivity contribution in [3.63, 3.8) is 0 Å². The molecule has 2 amide bonds. The van der Waals surface area contributed by atoms with Crippen LogP contribution in [0.1, 0.15) is 29.2 Å². The molecule has 35 heavy (non-hydrogen) atoms. The van der Waals surface area contributed by atoms with Gasteiger partial charge in [0.15, 0.2) is 27.1 Å². The van der Waals surface area contributed by atoms with Gasteiger partial charge in [0.1, 0.15) is 11.5 Å². The second-order valence-corrected chi connectivity index (χ2v) is 10.5. The van der Waals surface area contributed by atoms with E-state index in [-0.39, 0.29) is 46.7 Å². The summed E-state index contributed by atoms with van der Waals surface area (Å²) in [4.78, 5) is 27.4. The Bertz CT molecular complexity index is 1340. The number of carbonyl (C=O) groups is 2. The van der Waals surface area contributed by atoms with Crippen molar-refractivity contribution < 1.29 is 31.9 Å². The minimum absolute atomic E-state index is 0.0894. The third-order valence-electron chi connectivity index (χ3n) is 6.10. The fraction of sp³-hybridized carbons (Fsp3) is 0.280. The molecule has 0 radical (unpaired) electrons. The van der Waals surface area contributed by atoms with Gasteiger partial charge in [-0.05, 0) is 49.2 Å². The molecule has 1 fully saturated rings. The highest BCUT2D eigenvalue weighted by atomic mass is 32.2. The average Bonchev–Trinajstić information content (AvgIpc) is 3.53. The zero-order valence-corrected chi connectivity index (χ0v) is 19.6. The van der Waals surface area contributed by atoms with Gasteiger partial charge >= 0.3 is 0 Å². The van der Waals surface area contributed by atoms with Gasteiger partial charge in [-0.25, -0.2) is 8.42 Å². The maximum absolute atomic E-state index is 12.9. The van der Waals surface area contributed by atoms with Crippen LogP contribution in [-0.2, 0) is 20.4 Å². The summed E-state index contributed by atoms with van der Waals surface area (Å²) in [5, 5.41) is 2.90. The van der Waals surface area contributed by atoms with E-state index in [0.717, 1.165) is 0 Å². The third kappa shape index (κ3) is 5.02. The largest absolute Gasteiger partial charge is 0.455 e. The number of hydrogen-bond donors (Lipinski definition) is 1. The molecule has 0 atom stereocenters. The Morgan fingerprint density at radius 3 is 2.46 bits per heavy atom. The fourth-order valence-corrected chi connectivity index (χ4v) is 5.46. The molecule has 1 saturated heterocycles. The first-order valence-electron chi connectivity index (χ1n) is 11.3. The standard InChI is InChI=1S/C25H24N2O7S/c28-24(26-18-6-8-21-23(14-18)33-16-32-21)17-10-12-27(13-11-17)25(29)22-9-7-19(34-22)15-35(30,31)20-4-2-1-3-5-20/h1-9,14,17H,10-13,15-16H2,(H,26,28). The Morgan fingerprint density at radius 2 is 1.69 bits per heavy atom. The molecule has 0 spiro atoms. The van der Waals surface area contributed by atoms with E-state index in [1.54, 1.807) is 41.3 Å². The lowest BCUT2D eigenvalue weighted by Crippen LogP contribution is -2.41. The Hall–Kier alpha value is -3.79. The van der Waals surface area contributed by atoms with E-state index in [1.165, 1.54) is 24.3 Å². The highest BCUT2D eigenvalue weighted by molar-refractivity contribution is 7.90. The lowest BCUT2D eigenvalue weighted by Gasteiger charge is -2.30. The van der Waals surface area contributed by atoms with Gasteiger partial charge in [0.2, 0.25) is 12.7 Å². The van der Waals surface area contributed by atoms with Crippen molar-refractivity contribution in [2.75, 3.05) is 25.2 Å². The van der Waals surface area contributed by atoms with Gasteiger partial charge in [-0.2, -0.15) is 0 Å².